The van der Waals surface area contributed by atoms with E-state index in [-0.39, 0.29) is 29.4 Å². The Hall–Kier alpha value is -1.66. The number of nitrogens with zero attached hydrogens (tertiary/aromatic N) is 2. The Bertz CT molecular complexity index is 464. The van der Waals surface area contributed by atoms with E-state index in [2.05, 4.69) is 0 Å². The molecule has 0 radical (unpaired) electrons. The van der Waals surface area contributed by atoms with Gasteiger partial charge in [-0.05, 0) is 13.0 Å². The maximum atomic E-state index is 12.0. The highest BCUT2D eigenvalue weighted by Gasteiger charge is 2.18. The zero-order chi connectivity index (χ0) is 13.7. The van der Waals surface area contributed by atoms with Gasteiger partial charge in [-0.2, -0.15) is 0 Å². The summed E-state index contributed by atoms with van der Waals surface area (Å²) in [5.41, 5.74) is -0.0876. The number of aliphatic hydroxyl groups is 1. The summed E-state index contributed by atoms with van der Waals surface area (Å²) < 4.78 is 0. The summed E-state index contributed by atoms with van der Waals surface area (Å²) in [6.45, 7) is 2.17. The average Bonchev–Trinajstić information content (AvgIpc) is 2.34. The van der Waals surface area contributed by atoms with Crippen LogP contribution in [0, 0.1) is 10.1 Å². The topological polar surface area (TPSA) is 83.7 Å². The molecule has 6 nitrogen and oxygen atoms in total. The molecule has 0 spiro atoms. The molecular formula is C11H13ClN2O4. The first-order chi connectivity index (χ1) is 8.49. The van der Waals surface area contributed by atoms with Crippen molar-refractivity contribution >= 4 is 23.2 Å². The molecule has 0 aromatic heterocycles. The quantitative estimate of drug-likeness (QED) is 0.653. The molecule has 0 aliphatic rings. The summed E-state index contributed by atoms with van der Waals surface area (Å²) in [7, 11) is 0. The number of hydrogen-bond acceptors (Lipinski definition) is 4. The highest BCUT2D eigenvalue weighted by atomic mass is 35.5. The van der Waals surface area contributed by atoms with Gasteiger partial charge < -0.3 is 10.0 Å². The lowest BCUT2D eigenvalue weighted by Crippen LogP contribution is -2.33. The van der Waals surface area contributed by atoms with Crippen molar-refractivity contribution in [2.45, 2.75) is 6.92 Å². The molecule has 0 aliphatic carbocycles. The van der Waals surface area contributed by atoms with Crippen LogP contribution in [0.1, 0.15) is 17.3 Å². The molecule has 0 aliphatic heterocycles. The molecule has 1 N–H and O–H groups in total. The number of nitro benzene ring substituents is 1. The van der Waals surface area contributed by atoms with Crippen LogP contribution in [0.4, 0.5) is 5.69 Å². The molecule has 1 aromatic rings. The van der Waals surface area contributed by atoms with E-state index in [1.807, 2.05) is 0 Å². The van der Waals surface area contributed by atoms with E-state index in [0.29, 0.717) is 6.54 Å². The van der Waals surface area contributed by atoms with Crippen LogP contribution in [0.2, 0.25) is 5.02 Å². The third-order valence-corrected chi connectivity index (χ3v) is 2.60. The first-order valence-electron chi connectivity index (χ1n) is 5.34. The number of amides is 1. The van der Waals surface area contributed by atoms with E-state index in [4.69, 9.17) is 16.7 Å². The van der Waals surface area contributed by atoms with Crippen LogP contribution < -0.4 is 0 Å². The second-order valence-corrected chi connectivity index (χ2v) is 4.00. The largest absolute Gasteiger partial charge is 0.395 e. The molecule has 1 amide bonds. The van der Waals surface area contributed by atoms with Crippen molar-refractivity contribution in [3.05, 3.63) is 38.9 Å². The van der Waals surface area contributed by atoms with Crippen molar-refractivity contribution in [2.24, 2.45) is 0 Å². The van der Waals surface area contributed by atoms with E-state index < -0.39 is 10.8 Å². The predicted molar refractivity (Wildman–Crippen MR) is 66.8 cm³/mol. The minimum absolute atomic E-state index is 0.132. The lowest BCUT2D eigenvalue weighted by Gasteiger charge is -2.19. The van der Waals surface area contributed by atoms with Gasteiger partial charge in [0.2, 0.25) is 0 Å². The SMILES string of the molecule is CCN(CCO)C(=O)c1cc(Cl)cc([N+](=O)[O-])c1. The van der Waals surface area contributed by atoms with E-state index in [9.17, 15) is 14.9 Å². The monoisotopic (exact) mass is 272 g/mol. The van der Waals surface area contributed by atoms with Gasteiger partial charge in [0.1, 0.15) is 0 Å². The van der Waals surface area contributed by atoms with Crippen molar-refractivity contribution in [2.75, 3.05) is 19.7 Å². The fraction of sp³-hybridized carbons (Fsp3) is 0.364. The molecule has 0 saturated carbocycles. The molecule has 7 heteroatoms. The van der Waals surface area contributed by atoms with Crippen molar-refractivity contribution in [1.82, 2.24) is 4.90 Å². The van der Waals surface area contributed by atoms with Crippen molar-refractivity contribution in [3.8, 4) is 0 Å². The number of benzene rings is 1. The summed E-state index contributed by atoms with van der Waals surface area (Å²) in [6.07, 6.45) is 0. The fourth-order valence-corrected chi connectivity index (χ4v) is 1.74. The lowest BCUT2D eigenvalue weighted by molar-refractivity contribution is -0.384. The number of hydrogen-bond donors (Lipinski definition) is 1. The molecule has 18 heavy (non-hydrogen) atoms. The Balaban J connectivity index is 3.08. The van der Waals surface area contributed by atoms with Gasteiger partial charge in [-0.25, -0.2) is 0 Å². The zero-order valence-corrected chi connectivity index (χ0v) is 10.6. The van der Waals surface area contributed by atoms with Crippen molar-refractivity contribution < 1.29 is 14.8 Å². The van der Waals surface area contributed by atoms with Crippen LogP contribution in [0.15, 0.2) is 18.2 Å². The predicted octanol–water partition coefficient (Wildman–Crippen LogP) is 1.70. The Morgan fingerprint density at radius 2 is 2.17 bits per heavy atom. The second kappa shape index (κ2) is 6.32. The molecular weight excluding hydrogens is 260 g/mol. The highest BCUT2D eigenvalue weighted by Crippen LogP contribution is 2.21. The standard InChI is InChI=1S/C11H13ClN2O4/c1-2-13(3-4-15)11(16)8-5-9(12)7-10(6-8)14(17)18/h5-7,15H,2-4H2,1H3. The minimum Gasteiger partial charge on any atom is -0.395 e. The minimum atomic E-state index is -0.606. The van der Waals surface area contributed by atoms with Gasteiger partial charge >= 0.3 is 0 Å². The maximum absolute atomic E-state index is 12.0. The van der Waals surface area contributed by atoms with Crippen LogP contribution in [-0.4, -0.2) is 40.5 Å². The summed E-state index contributed by atoms with van der Waals surface area (Å²) in [6, 6.07) is 3.73. The van der Waals surface area contributed by atoms with Gasteiger partial charge in [-0.3, -0.25) is 14.9 Å². The molecule has 0 atom stereocenters. The fourth-order valence-electron chi connectivity index (χ4n) is 1.51. The van der Waals surface area contributed by atoms with Gasteiger partial charge in [-0.15, -0.1) is 0 Å². The third-order valence-electron chi connectivity index (χ3n) is 2.38. The molecule has 0 saturated heterocycles. The number of halogens is 1. The highest BCUT2D eigenvalue weighted by molar-refractivity contribution is 6.31. The number of carbonyl (C=O) groups is 1. The van der Waals surface area contributed by atoms with Gasteiger partial charge in [-0.1, -0.05) is 11.6 Å². The van der Waals surface area contributed by atoms with Crippen LogP contribution in [-0.2, 0) is 0 Å². The summed E-state index contributed by atoms with van der Waals surface area (Å²) >= 11 is 5.74. The zero-order valence-electron chi connectivity index (χ0n) is 9.80. The summed E-state index contributed by atoms with van der Waals surface area (Å²) in [4.78, 5) is 23.5. The van der Waals surface area contributed by atoms with Crippen LogP contribution >= 0.6 is 11.6 Å². The number of non-ortho nitro benzene ring substituents is 1. The van der Waals surface area contributed by atoms with Crippen LogP contribution in [0.3, 0.4) is 0 Å². The Labute approximate surface area is 109 Å². The van der Waals surface area contributed by atoms with Crippen LogP contribution in [0.25, 0.3) is 0 Å². The maximum Gasteiger partial charge on any atom is 0.271 e. The van der Waals surface area contributed by atoms with Gasteiger partial charge in [0, 0.05) is 35.8 Å². The van der Waals surface area contributed by atoms with Gasteiger partial charge in [0.25, 0.3) is 11.6 Å². The van der Waals surface area contributed by atoms with Gasteiger partial charge in [0.15, 0.2) is 0 Å². The smallest absolute Gasteiger partial charge is 0.271 e. The first-order valence-corrected chi connectivity index (χ1v) is 5.72. The van der Waals surface area contributed by atoms with Crippen molar-refractivity contribution in [3.63, 3.8) is 0 Å². The Morgan fingerprint density at radius 3 is 2.67 bits per heavy atom. The molecule has 98 valence electrons. The number of carbonyl (C=O) groups excluding carboxylic acids is 1. The molecule has 0 bridgehead atoms. The average molecular weight is 273 g/mol. The lowest BCUT2D eigenvalue weighted by atomic mass is 10.1. The number of rotatable bonds is 5. The molecule has 0 unspecified atom stereocenters. The molecule has 1 rings (SSSR count). The normalized spacial score (nSPS) is 10.2. The van der Waals surface area contributed by atoms with E-state index in [1.165, 1.54) is 23.1 Å². The summed E-state index contributed by atoms with van der Waals surface area (Å²) in [5.74, 6) is -0.392. The first kappa shape index (κ1) is 14.4. The number of nitro groups is 1. The molecule has 0 heterocycles. The van der Waals surface area contributed by atoms with Crippen molar-refractivity contribution in [1.29, 1.82) is 0 Å². The summed E-state index contributed by atoms with van der Waals surface area (Å²) in [5, 5.41) is 19.6. The van der Waals surface area contributed by atoms with E-state index in [0.717, 1.165) is 0 Å². The van der Waals surface area contributed by atoms with Gasteiger partial charge in [0.05, 0.1) is 11.5 Å². The van der Waals surface area contributed by atoms with E-state index in [1.54, 1.807) is 6.92 Å². The number of aliphatic hydroxyl groups excluding tert-OH is 1. The Kier molecular flexibility index (Phi) is 5.06. The third kappa shape index (κ3) is 3.41. The van der Waals surface area contributed by atoms with Crippen LogP contribution in [0.5, 0.6) is 0 Å². The molecule has 0 fully saturated rings. The molecule has 1 aromatic carbocycles. The number of likely N-dealkylation sites (N-methyl/N-ethyl adjacent to an activating group) is 1. The second-order valence-electron chi connectivity index (χ2n) is 3.56. The Morgan fingerprint density at radius 1 is 1.50 bits per heavy atom. The van der Waals surface area contributed by atoms with E-state index >= 15 is 0 Å².